The van der Waals surface area contributed by atoms with E-state index >= 15 is 0 Å². The van der Waals surface area contributed by atoms with Crippen molar-refractivity contribution in [2.75, 3.05) is 11.9 Å². The first-order valence-corrected chi connectivity index (χ1v) is 9.98. The van der Waals surface area contributed by atoms with Crippen molar-refractivity contribution in [2.24, 2.45) is 0 Å². The minimum Gasteiger partial charge on any atom is -0.483 e. The van der Waals surface area contributed by atoms with E-state index < -0.39 is 0 Å². The number of ether oxygens (including phenoxy) is 1. The van der Waals surface area contributed by atoms with Gasteiger partial charge in [-0.05, 0) is 40.5 Å². The quantitative estimate of drug-likeness (QED) is 0.421. The average Bonchev–Trinajstić information content (AvgIpc) is 2.80. The molecule has 0 heterocycles. The summed E-state index contributed by atoms with van der Waals surface area (Å²) in [5.41, 5.74) is 5.27. The molecule has 4 aromatic carbocycles. The van der Waals surface area contributed by atoms with Crippen LogP contribution in [0.15, 0.2) is 109 Å². The van der Waals surface area contributed by atoms with E-state index in [-0.39, 0.29) is 12.5 Å². The van der Waals surface area contributed by atoms with E-state index in [2.05, 4.69) is 29.6 Å². The number of carbonyl (C=O) groups is 1. The predicted octanol–water partition coefficient (Wildman–Crippen LogP) is 5.96. The SMILES string of the molecule is O=C(COc1ccccc1Cc1ccccc1)Nc1ccc(-c2ccccc2)cc1. The minimum absolute atomic E-state index is 0.0355. The van der Waals surface area contributed by atoms with Gasteiger partial charge in [0.1, 0.15) is 5.75 Å². The number of carbonyl (C=O) groups excluding carboxylic acids is 1. The molecule has 0 aliphatic heterocycles. The molecule has 0 saturated heterocycles. The smallest absolute Gasteiger partial charge is 0.262 e. The Bertz CT molecular complexity index is 1090. The number of benzene rings is 4. The zero-order chi connectivity index (χ0) is 20.6. The van der Waals surface area contributed by atoms with E-state index in [9.17, 15) is 4.79 Å². The average molecular weight is 393 g/mol. The maximum absolute atomic E-state index is 12.4. The molecule has 0 saturated carbocycles. The van der Waals surface area contributed by atoms with Gasteiger partial charge in [0.2, 0.25) is 0 Å². The Morgan fingerprint density at radius 1 is 0.667 bits per heavy atom. The molecule has 0 aliphatic carbocycles. The molecule has 0 atom stereocenters. The highest BCUT2D eigenvalue weighted by molar-refractivity contribution is 5.92. The van der Waals surface area contributed by atoms with E-state index in [4.69, 9.17) is 4.74 Å². The van der Waals surface area contributed by atoms with Gasteiger partial charge in [-0.25, -0.2) is 0 Å². The maximum atomic E-state index is 12.4. The third kappa shape index (κ3) is 5.15. The van der Waals surface area contributed by atoms with Gasteiger partial charge in [0.05, 0.1) is 0 Å². The Morgan fingerprint density at radius 2 is 1.27 bits per heavy atom. The Balaban J connectivity index is 1.35. The summed E-state index contributed by atoms with van der Waals surface area (Å²) in [5.74, 6) is 0.549. The summed E-state index contributed by atoms with van der Waals surface area (Å²) in [6, 6.07) is 36.0. The highest BCUT2D eigenvalue weighted by Gasteiger charge is 2.08. The van der Waals surface area contributed by atoms with Crippen LogP contribution in [0.4, 0.5) is 5.69 Å². The van der Waals surface area contributed by atoms with E-state index in [1.165, 1.54) is 5.56 Å². The molecule has 1 amide bonds. The molecule has 4 rings (SSSR count). The van der Waals surface area contributed by atoms with Crippen LogP contribution in [0.2, 0.25) is 0 Å². The summed E-state index contributed by atoms with van der Waals surface area (Å²) >= 11 is 0. The van der Waals surface area contributed by atoms with Crippen LogP contribution in [0.3, 0.4) is 0 Å². The third-order valence-electron chi connectivity index (χ3n) is 4.84. The van der Waals surface area contributed by atoms with Crippen LogP contribution >= 0.6 is 0 Å². The van der Waals surface area contributed by atoms with E-state index in [1.54, 1.807) is 0 Å². The van der Waals surface area contributed by atoms with Crippen molar-refractivity contribution < 1.29 is 9.53 Å². The highest BCUT2D eigenvalue weighted by Crippen LogP contribution is 2.22. The summed E-state index contributed by atoms with van der Waals surface area (Å²) < 4.78 is 5.82. The molecule has 30 heavy (non-hydrogen) atoms. The van der Waals surface area contributed by atoms with Crippen molar-refractivity contribution in [1.82, 2.24) is 0 Å². The van der Waals surface area contributed by atoms with E-state index in [1.807, 2.05) is 84.9 Å². The van der Waals surface area contributed by atoms with Gasteiger partial charge in [0, 0.05) is 12.1 Å². The van der Waals surface area contributed by atoms with E-state index in [0.717, 1.165) is 34.5 Å². The summed E-state index contributed by atoms with van der Waals surface area (Å²) in [6.45, 7) is -0.0355. The zero-order valence-electron chi connectivity index (χ0n) is 16.6. The first kappa shape index (κ1) is 19.5. The van der Waals surface area contributed by atoms with Gasteiger partial charge in [0.15, 0.2) is 6.61 Å². The molecule has 0 aromatic heterocycles. The summed E-state index contributed by atoms with van der Waals surface area (Å²) in [5, 5.41) is 2.90. The zero-order valence-corrected chi connectivity index (χ0v) is 16.6. The Labute approximate surface area is 177 Å². The fourth-order valence-corrected chi connectivity index (χ4v) is 3.32. The first-order chi connectivity index (χ1) is 14.8. The second-order valence-corrected chi connectivity index (χ2v) is 7.05. The molecule has 0 unspecified atom stereocenters. The number of nitrogens with one attached hydrogen (secondary N) is 1. The van der Waals surface area contributed by atoms with Crippen LogP contribution in [0.25, 0.3) is 11.1 Å². The Kier molecular flexibility index (Phi) is 6.21. The molecule has 1 N–H and O–H groups in total. The van der Waals surface area contributed by atoms with Gasteiger partial charge >= 0.3 is 0 Å². The lowest BCUT2D eigenvalue weighted by atomic mass is 10.0. The Hall–Kier alpha value is -3.85. The van der Waals surface area contributed by atoms with Gasteiger partial charge in [-0.15, -0.1) is 0 Å². The molecule has 0 spiro atoms. The molecule has 0 bridgehead atoms. The monoisotopic (exact) mass is 393 g/mol. The summed E-state index contributed by atoms with van der Waals surface area (Å²) in [4.78, 5) is 12.4. The number of rotatable bonds is 7. The molecule has 0 aliphatic rings. The van der Waals surface area contributed by atoms with Gasteiger partial charge in [-0.3, -0.25) is 4.79 Å². The van der Waals surface area contributed by atoms with Crippen LogP contribution in [-0.4, -0.2) is 12.5 Å². The van der Waals surface area contributed by atoms with Crippen LogP contribution in [-0.2, 0) is 11.2 Å². The second kappa shape index (κ2) is 9.57. The van der Waals surface area contributed by atoms with Crippen LogP contribution in [0, 0.1) is 0 Å². The number of hydrogen-bond donors (Lipinski definition) is 1. The molecule has 0 radical (unpaired) electrons. The van der Waals surface area contributed by atoms with Gasteiger partial charge in [0.25, 0.3) is 5.91 Å². The standard InChI is InChI=1S/C27H23NO2/c29-27(28-25-17-15-23(16-18-25)22-11-5-2-6-12-22)20-30-26-14-8-7-13-24(26)19-21-9-3-1-4-10-21/h1-18H,19-20H2,(H,28,29). The fraction of sp³-hybridized carbons (Fsp3) is 0.0741. The van der Waals surface area contributed by atoms with Crippen LogP contribution in [0.1, 0.15) is 11.1 Å². The molecule has 0 fully saturated rings. The van der Waals surface area contributed by atoms with Gasteiger partial charge in [-0.1, -0.05) is 91.0 Å². The van der Waals surface area contributed by atoms with E-state index in [0.29, 0.717) is 0 Å². The topological polar surface area (TPSA) is 38.3 Å². The van der Waals surface area contributed by atoms with Gasteiger partial charge in [-0.2, -0.15) is 0 Å². The van der Waals surface area contributed by atoms with Crippen molar-refractivity contribution in [3.63, 3.8) is 0 Å². The Morgan fingerprint density at radius 3 is 2.00 bits per heavy atom. The van der Waals surface area contributed by atoms with Gasteiger partial charge < -0.3 is 10.1 Å². The number of anilines is 1. The van der Waals surface area contributed by atoms with Crippen molar-refractivity contribution in [3.05, 3.63) is 120 Å². The lowest BCUT2D eigenvalue weighted by molar-refractivity contribution is -0.118. The normalized spacial score (nSPS) is 10.4. The summed E-state index contributed by atoms with van der Waals surface area (Å²) in [6.07, 6.45) is 0.763. The molecule has 4 aromatic rings. The summed E-state index contributed by atoms with van der Waals surface area (Å²) in [7, 11) is 0. The van der Waals surface area contributed by atoms with Crippen LogP contribution in [0.5, 0.6) is 5.75 Å². The lowest BCUT2D eigenvalue weighted by Gasteiger charge is -2.12. The maximum Gasteiger partial charge on any atom is 0.262 e. The van der Waals surface area contributed by atoms with Crippen molar-refractivity contribution in [1.29, 1.82) is 0 Å². The number of para-hydroxylation sites is 1. The lowest BCUT2D eigenvalue weighted by Crippen LogP contribution is -2.20. The fourth-order valence-electron chi connectivity index (χ4n) is 3.32. The van der Waals surface area contributed by atoms with Crippen molar-refractivity contribution in [3.8, 4) is 16.9 Å². The van der Waals surface area contributed by atoms with Crippen LogP contribution < -0.4 is 10.1 Å². The second-order valence-electron chi connectivity index (χ2n) is 7.05. The molecule has 3 nitrogen and oxygen atoms in total. The molecule has 148 valence electrons. The highest BCUT2D eigenvalue weighted by atomic mass is 16.5. The third-order valence-corrected chi connectivity index (χ3v) is 4.84. The number of hydrogen-bond acceptors (Lipinski definition) is 2. The largest absolute Gasteiger partial charge is 0.483 e. The first-order valence-electron chi connectivity index (χ1n) is 9.98. The predicted molar refractivity (Wildman–Crippen MR) is 122 cm³/mol. The molecular weight excluding hydrogens is 370 g/mol. The molecule has 3 heteroatoms. The van der Waals surface area contributed by atoms with Crippen molar-refractivity contribution >= 4 is 11.6 Å². The number of amides is 1. The minimum atomic E-state index is -0.183. The molecular formula is C27H23NO2. The van der Waals surface area contributed by atoms with Crippen molar-refractivity contribution in [2.45, 2.75) is 6.42 Å².